The number of rotatable bonds is 5. The minimum Gasteiger partial charge on any atom is -0.341 e. The molecule has 0 unspecified atom stereocenters. The van der Waals surface area contributed by atoms with Crippen LogP contribution in [0, 0.1) is 17.6 Å². The molecule has 0 radical (unpaired) electrons. The quantitative estimate of drug-likeness (QED) is 0.873. The van der Waals surface area contributed by atoms with Crippen molar-refractivity contribution in [1.82, 2.24) is 14.7 Å². The van der Waals surface area contributed by atoms with Crippen LogP contribution in [0.1, 0.15) is 12.8 Å². The van der Waals surface area contributed by atoms with Crippen molar-refractivity contribution in [2.75, 3.05) is 24.5 Å². The molecule has 0 spiro atoms. The van der Waals surface area contributed by atoms with Crippen molar-refractivity contribution in [3.8, 4) is 0 Å². The summed E-state index contributed by atoms with van der Waals surface area (Å²) in [6.07, 6.45) is 4.90. The predicted molar refractivity (Wildman–Crippen MR) is 88.5 cm³/mol. The Morgan fingerprint density at radius 2 is 1.84 bits per heavy atom. The van der Waals surface area contributed by atoms with E-state index >= 15 is 0 Å². The van der Waals surface area contributed by atoms with E-state index in [1.165, 1.54) is 0 Å². The SMILES string of the molecule is O=S(=O)(NCC1CCN(c2ncccn2)CC1)c1ccc(F)cc1F. The number of halogens is 2. The van der Waals surface area contributed by atoms with Crippen LogP contribution in [0.15, 0.2) is 41.6 Å². The average Bonchev–Trinajstić information content (AvgIpc) is 2.61. The molecule has 3 rings (SSSR count). The van der Waals surface area contributed by atoms with E-state index in [0.717, 1.165) is 38.1 Å². The topological polar surface area (TPSA) is 75.2 Å². The van der Waals surface area contributed by atoms with Crippen LogP contribution in [-0.4, -0.2) is 38.0 Å². The Morgan fingerprint density at radius 1 is 1.16 bits per heavy atom. The van der Waals surface area contributed by atoms with Crippen LogP contribution in [-0.2, 0) is 10.0 Å². The molecule has 1 fully saturated rings. The molecule has 25 heavy (non-hydrogen) atoms. The highest BCUT2D eigenvalue weighted by molar-refractivity contribution is 7.89. The lowest BCUT2D eigenvalue weighted by molar-refractivity contribution is 0.398. The van der Waals surface area contributed by atoms with Gasteiger partial charge in [0.1, 0.15) is 16.5 Å². The van der Waals surface area contributed by atoms with Gasteiger partial charge in [-0.3, -0.25) is 0 Å². The molecule has 0 saturated carbocycles. The lowest BCUT2D eigenvalue weighted by Gasteiger charge is -2.31. The Labute approximate surface area is 145 Å². The summed E-state index contributed by atoms with van der Waals surface area (Å²) >= 11 is 0. The van der Waals surface area contributed by atoms with Gasteiger partial charge in [-0.2, -0.15) is 0 Å². The van der Waals surface area contributed by atoms with E-state index in [2.05, 4.69) is 14.7 Å². The summed E-state index contributed by atoms with van der Waals surface area (Å²) in [5.41, 5.74) is 0. The monoisotopic (exact) mass is 368 g/mol. The maximum atomic E-state index is 13.7. The molecule has 1 aromatic carbocycles. The van der Waals surface area contributed by atoms with E-state index in [4.69, 9.17) is 0 Å². The molecule has 1 aliphatic rings. The molecule has 9 heteroatoms. The van der Waals surface area contributed by atoms with E-state index in [1.54, 1.807) is 18.5 Å². The van der Waals surface area contributed by atoms with Gasteiger partial charge in [0.05, 0.1) is 0 Å². The lowest BCUT2D eigenvalue weighted by Crippen LogP contribution is -2.39. The Morgan fingerprint density at radius 3 is 2.48 bits per heavy atom. The molecule has 1 N–H and O–H groups in total. The number of hydrogen-bond acceptors (Lipinski definition) is 5. The van der Waals surface area contributed by atoms with Crippen LogP contribution in [0.5, 0.6) is 0 Å². The molecule has 0 bridgehead atoms. The van der Waals surface area contributed by atoms with E-state index < -0.39 is 26.6 Å². The first kappa shape index (κ1) is 17.7. The van der Waals surface area contributed by atoms with Crippen molar-refractivity contribution in [2.45, 2.75) is 17.7 Å². The molecular formula is C16H18F2N4O2S. The predicted octanol–water partition coefficient (Wildman–Crippen LogP) is 1.95. The van der Waals surface area contributed by atoms with Gasteiger partial charge in [0.25, 0.3) is 0 Å². The minimum atomic E-state index is -4.00. The zero-order valence-electron chi connectivity index (χ0n) is 13.4. The number of nitrogens with zero attached hydrogens (tertiary/aromatic N) is 3. The van der Waals surface area contributed by atoms with E-state index in [1.807, 2.05) is 4.90 Å². The summed E-state index contributed by atoms with van der Waals surface area (Å²) in [4.78, 5) is 9.91. The summed E-state index contributed by atoms with van der Waals surface area (Å²) in [5.74, 6) is -1.11. The van der Waals surface area contributed by atoms with E-state index in [0.29, 0.717) is 12.0 Å². The Balaban J connectivity index is 1.56. The molecule has 2 aromatic rings. The fourth-order valence-electron chi connectivity index (χ4n) is 2.79. The van der Waals surface area contributed by atoms with E-state index in [-0.39, 0.29) is 12.5 Å². The van der Waals surface area contributed by atoms with Crippen LogP contribution in [0.2, 0.25) is 0 Å². The standard InChI is InChI=1S/C16H18F2N4O2S/c17-13-2-3-15(14(18)10-13)25(23,24)21-11-12-4-8-22(9-5-12)16-19-6-1-7-20-16/h1-3,6-7,10,12,21H,4-5,8-9,11H2. The highest BCUT2D eigenvalue weighted by Crippen LogP contribution is 2.21. The molecule has 134 valence electrons. The first-order valence-electron chi connectivity index (χ1n) is 7.92. The molecule has 0 amide bonds. The molecule has 0 atom stereocenters. The summed E-state index contributed by atoms with van der Waals surface area (Å²) in [6.45, 7) is 1.66. The van der Waals surface area contributed by atoms with Gasteiger partial charge in [-0.25, -0.2) is 31.9 Å². The van der Waals surface area contributed by atoms with Gasteiger partial charge in [-0.15, -0.1) is 0 Å². The van der Waals surface area contributed by atoms with Crippen LogP contribution < -0.4 is 9.62 Å². The lowest BCUT2D eigenvalue weighted by atomic mass is 9.97. The average molecular weight is 368 g/mol. The number of anilines is 1. The summed E-state index contributed by atoms with van der Waals surface area (Å²) in [7, 11) is -4.00. The normalized spacial score (nSPS) is 16.2. The molecule has 1 aromatic heterocycles. The van der Waals surface area contributed by atoms with Gasteiger partial charge in [0.2, 0.25) is 16.0 Å². The third-order valence-electron chi connectivity index (χ3n) is 4.19. The summed E-state index contributed by atoms with van der Waals surface area (Å²) < 4.78 is 53.4. The van der Waals surface area contributed by atoms with Gasteiger partial charge in [-0.1, -0.05) is 0 Å². The fourth-order valence-corrected chi connectivity index (χ4v) is 3.96. The number of aromatic nitrogens is 2. The van der Waals surface area contributed by atoms with Gasteiger partial charge in [0.15, 0.2) is 0 Å². The van der Waals surface area contributed by atoms with Crippen LogP contribution in [0.25, 0.3) is 0 Å². The number of piperidine rings is 1. The van der Waals surface area contributed by atoms with Crippen LogP contribution >= 0.6 is 0 Å². The Hall–Kier alpha value is -2.13. The number of nitrogens with one attached hydrogen (secondary N) is 1. The van der Waals surface area contributed by atoms with Crippen LogP contribution in [0.3, 0.4) is 0 Å². The van der Waals surface area contributed by atoms with Crippen molar-refractivity contribution in [2.24, 2.45) is 5.92 Å². The van der Waals surface area contributed by atoms with Crippen LogP contribution in [0.4, 0.5) is 14.7 Å². The van der Waals surface area contributed by atoms with E-state index in [9.17, 15) is 17.2 Å². The number of sulfonamides is 1. The van der Waals surface area contributed by atoms with Crippen molar-refractivity contribution < 1.29 is 17.2 Å². The van der Waals surface area contributed by atoms with Gasteiger partial charge in [0, 0.05) is 38.1 Å². The van der Waals surface area contributed by atoms with Crippen molar-refractivity contribution in [1.29, 1.82) is 0 Å². The largest absolute Gasteiger partial charge is 0.341 e. The fraction of sp³-hybridized carbons (Fsp3) is 0.375. The van der Waals surface area contributed by atoms with Gasteiger partial charge in [-0.05, 0) is 37.0 Å². The molecule has 1 aliphatic heterocycles. The Bertz CT molecular complexity index is 825. The zero-order valence-corrected chi connectivity index (χ0v) is 14.2. The maximum absolute atomic E-state index is 13.7. The third kappa shape index (κ3) is 4.29. The van der Waals surface area contributed by atoms with Gasteiger partial charge >= 0.3 is 0 Å². The first-order valence-corrected chi connectivity index (χ1v) is 9.41. The number of hydrogen-bond donors (Lipinski definition) is 1. The third-order valence-corrected chi connectivity index (χ3v) is 5.65. The molecule has 2 heterocycles. The Kier molecular flexibility index (Phi) is 5.24. The highest BCUT2D eigenvalue weighted by Gasteiger charge is 2.24. The summed E-state index contributed by atoms with van der Waals surface area (Å²) in [6, 6.07) is 4.17. The van der Waals surface area contributed by atoms with Crippen molar-refractivity contribution >= 4 is 16.0 Å². The number of benzene rings is 1. The summed E-state index contributed by atoms with van der Waals surface area (Å²) in [5, 5.41) is 0. The highest BCUT2D eigenvalue weighted by atomic mass is 32.2. The first-order chi connectivity index (χ1) is 12.0. The smallest absolute Gasteiger partial charge is 0.243 e. The minimum absolute atomic E-state index is 0.137. The zero-order chi connectivity index (χ0) is 17.9. The second kappa shape index (κ2) is 7.40. The molecule has 0 aliphatic carbocycles. The maximum Gasteiger partial charge on any atom is 0.243 e. The van der Waals surface area contributed by atoms with Crippen molar-refractivity contribution in [3.63, 3.8) is 0 Å². The van der Waals surface area contributed by atoms with Crippen molar-refractivity contribution in [3.05, 3.63) is 48.3 Å². The molecular weight excluding hydrogens is 350 g/mol. The second-order valence-corrected chi connectivity index (χ2v) is 7.64. The van der Waals surface area contributed by atoms with Gasteiger partial charge < -0.3 is 4.90 Å². The molecule has 6 nitrogen and oxygen atoms in total. The second-order valence-electron chi connectivity index (χ2n) is 5.91. The molecule has 1 saturated heterocycles.